The molecule has 0 aromatic heterocycles. The van der Waals surface area contributed by atoms with E-state index in [2.05, 4.69) is 43.4 Å². The molecule has 1 unspecified atom stereocenters. The topological polar surface area (TPSA) is 12.0 Å². The van der Waals surface area contributed by atoms with E-state index in [0.717, 1.165) is 12.5 Å². The maximum atomic E-state index is 3.52. The summed E-state index contributed by atoms with van der Waals surface area (Å²) in [4.78, 5) is 0. The van der Waals surface area contributed by atoms with Crippen molar-refractivity contribution < 1.29 is 0 Å². The van der Waals surface area contributed by atoms with E-state index in [1.165, 1.54) is 12.8 Å². The maximum absolute atomic E-state index is 3.52. The van der Waals surface area contributed by atoms with Crippen LogP contribution in [-0.4, -0.2) is 12.6 Å². The van der Waals surface area contributed by atoms with E-state index in [4.69, 9.17) is 0 Å². The Morgan fingerprint density at radius 1 is 1.29 bits per heavy atom. The van der Waals surface area contributed by atoms with Crippen LogP contribution in [0.4, 0.5) is 0 Å². The van der Waals surface area contributed by atoms with E-state index in [-0.39, 0.29) is 0 Å². The number of hydrogen-bond acceptors (Lipinski definition) is 1. The van der Waals surface area contributed by atoms with Gasteiger partial charge in [-0.2, -0.15) is 0 Å². The first-order chi connectivity index (χ1) is 6.81. The van der Waals surface area contributed by atoms with Crippen LogP contribution in [0.15, 0.2) is 24.3 Å². The highest BCUT2D eigenvalue weighted by Crippen LogP contribution is 2.28. The summed E-state index contributed by atoms with van der Waals surface area (Å²) in [6.07, 6.45) is 2.51. The van der Waals surface area contributed by atoms with Gasteiger partial charge in [0.1, 0.15) is 0 Å². The van der Waals surface area contributed by atoms with E-state index < -0.39 is 0 Å². The van der Waals surface area contributed by atoms with Crippen molar-refractivity contribution in [1.29, 1.82) is 0 Å². The summed E-state index contributed by atoms with van der Waals surface area (Å²) in [5, 5.41) is 3.52. The fourth-order valence-electron chi connectivity index (χ4n) is 2.44. The van der Waals surface area contributed by atoms with Crippen molar-refractivity contribution in [2.24, 2.45) is 5.92 Å². The molecule has 76 valence electrons. The molecular weight excluding hydrogens is 170 g/mol. The highest BCUT2D eigenvalue weighted by atomic mass is 14.9. The minimum Gasteiger partial charge on any atom is -0.314 e. The third-order valence-corrected chi connectivity index (χ3v) is 3.32. The Labute approximate surface area is 86.5 Å². The molecule has 0 amide bonds. The lowest BCUT2D eigenvalue weighted by atomic mass is 9.98. The number of rotatable bonds is 3. The van der Waals surface area contributed by atoms with Gasteiger partial charge in [-0.1, -0.05) is 31.2 Å². The van der Waals surface area contributed by atoms with Crippen molar-refractivity contribution in [3.8, 4) is 0 Å². The van der Waals surface area contributed by atoms with E-state index in [9.17, 15) is 0 Å². The third kappa shape index (κ3) is 1.83. The third-order valence-electron chi connectivity index (χ3n) is 3.32. The van der Waals surface area contributed by atoms with Gasteiger partial charge in [0.25, 0.3) is 0 Å². The summed E-state index contributed by atoms with van der Waals surface area (Å²) >= 11 is 0. The molecular formula is C13H19N. The summed E-state index contributed by atoms with van der Waals surface area (Å²) in [6, 6.07) is 9.49. The molecule has 0 fully saturated rings. The molecule has 0 saturated heterocycles. The van der Waals surface area contributed by atoms with Gasteiger partial charge in [-0.25, -0.2) is 0 Å². The van der Waals surface area contributed by atoms with Gasteiger partial charge in [0.2, 0.25) is 0 Å². The molecule has 1 aromatic rings. The predicted molar refractivity (Wildman–Crippen MR) is 60.5 cm³/mol. The largest absolute Gasteiger partial charge is 0.314 e. The maximum Gasteiger partial charge on any atom is 0.00732 e. The number of hydrogen-bond donors (Lipinski definition) is 1. The van der Waals surface area contributed by atoms with Crippen LogP contribution in [0.1, 0.15) is 25.0 Å². The number of benzene rings is 1. The summed E-state index contributed by atoms with van der Waals surface area (Å²) in [5.41, 5.74) is 3.12. The normalized spacial score (nSPS) is 18.1. The zero-order valence-corrected chi connectivity index (χ0v) is 9.09. The Balaban J connectivity index is 2.04. The van der Waals surface area contributed by atoms with E-state index in [0.29, 0.717) is 6.04 Å². The minimum atomic E-state index is 0.646. The Hall–Kier alpha value is -0.820. The van der Waals surface area contributed by atoms with Crippen LogP contribution in [0.3, 0.4) is 0 Å². The van der Waals surface area contributed by atoms with Gasteiger partial charge < -0.3 is 5.32 Å². The van der Waals surface area contributed by atoms with Gasteiger partial charge in [-0.3, -0.25) is 0 Å². The van der Waals surface area contributed by atoms with Crippen LogP contribution >= 0.6 is 0 Å². The molecule has 0 heterocycles. The Morgan fingerprint density at radius 2 is 1.86 bits per heavy atom. The number of fused-ring (bicyclic) bond motifs is 1. The summed E-state index contributed by atoms with van der Waals surface area (Å²) in [6.45, 7) is 5.56. The van der Waals surface area contributed by atoms with Crippen LogP contribution in [-0.2, 0) is 12.8 Å². The van der Waals surface area contributed by atoms with Crippen molar-refractivity contribution in [1.82, 2.24) is 5.32 Å². The molecule has 1 nitrogen and oxygen atoms in total. The molecule has 0 spiro atoms. The number of nitrogens with one attached hydrogen (secondary N) is 1. The lowest BCUT2D eigenvalue weighted by molar-refractivity contribution is 0.395. The van der Waals surface area contributed by atoms with E-state index in [1.807, 2.05) is 0 Å². The van der Waals surface area contributed by atoms with Crippen molar-refractivity contribution in [3.63, 3.8) is 0 Å². The van der Waals surface area contributed by atoms with Gasteiger partial charge in [-0.05, 0) is 43.4 Å². The molecule has 1 atom stereocenters. The molecule has 0 radical (unpaired) electrons. The van der Waals surface area contributed by atoms with Crippen LogP contribution in [0.2, 0.25) is 0 Å². The summed E-state index contributed by atoms with van der Waals surface area (Å²) < 4.78 is 0. The minimum absolute atomic E-state index is 0.646. The lowest BCUT2D eigenvalue weighted by Gasteiger charge is -2.19. The van der Waals surface area contributed by atoms with Gasteiger partial charge in [0.05, 0.1) is 0 Å². The molecule has 0 bridgehead atoms. The highest BCUT2D eigenvalue weighted by Gasteiger charge is 2.24. The second kappa shape index (κ2) is 4.14. The van der Waals surface area contributed by atoms with E-state index in [1.54, 1.807) is 11.1 Å². The second-order valence-corrected chi connectivity index (χ2v) is 4.28. The van der Waals surface area contributed by atoms with Crippen molar-refractivity contribution in [2.75, 3.05) is 6.54 Å². The molecule has 1 N–H and O–H groups in total. The second-order valence-electron chi connectivity index (χ2n) is 4.28. The van der Waals surface area contributed by atoms with Crippen LogP contribution in [0.25, 0.3) is 0 Å². The first-order valence-electron chi connectivity index (χ1n) is 5.61. The molecule has 2 rings (SSSR count). The average molecular weight is 189 g/mol. The fourth-order valence-corrected chi connectivity index (χ4v) is 2.44. The van der Waals surface area contributed by atoms with Crippen LogP contribution in [0, 0.1) is 5.92 Å². The smallest absolute Gasteiger partial charge is 0.00732 e. The monoisotopic (exact) mass is 189 g/mol. The molecule has 14 heavy (non-hydrogen) atoms. The first-order valence-corrected chi connectivity index (χ1v) is 5.61. The van der Waals surface area contributed by atoms with Crippen molar-refractivity contribution in [2.45, 2.75) is 32.7 Å². The molecule has 1 aliphatic carbocycles. The van der Waals surface area contributed by atoms with Gasteiger partial charge in [-0.15, -0.1) is 0 Å². The first kappa shape index (κ1) is 9.72. The van der Waals surface area contributed by atoms with Gasteiger partial charge in [0.15, 0.2) is 0 Å². The predicted octanol–water partition coefficient (Wildman–Crippen LogP) is 2.40. The molecule has 1 aromatic carbocycles. The van der Waals surface area contributed by atoms with Crippen LogP contribution in [0.5, 0.6) is 0 Å². The molecule has 0 aliphatic heterocycles. The van der Waals surface area contributed by atoms with Gasteiger partial charge in [0, 0.05) is 6.04 Å². The Kier molecular flexibility index (Phi) is 2.87. The summed E-state index contributed by atoms with van der Waals surface area (Å²) in [5.74, 6) is 0.798. The quantitative estimate of drug-likeness (QED) is 0.770. The lowest BCUT2D eigenvalue weighted by Crippen LogP contribution is -2.33. The zero-order chi connectivity index (χ0) is 9.97. The van der Waals surface area contributed by atoms with Gasteiger partial charge >= 0.3 is 0 Å². The Morgan fingerprint density at radius 3 is 2.36 bits per heavy atom. The highest BCUT2D eigenvalue weighted by molar-refractivity contribution is 5.32. The zero-order valence-electron chi connectivity index (χ0n) is 9.09. The van der Waals surface area contributed by atoms with Crippen molar-refractivity contribution >= 4 is 0 Å². The molecule has 0 saturated carbocycles. The van der Waals surface area contributed by atoms with Crippen LogP contribution < -0.4 is 5.32 Å². The average Bonchev–Trinajstić information content (AvgIpc) is 2.61. The summed E-state index contributed by atoms with van der Waals surface area (Å²) in [7, 11) is 0. The fraction of sp³-hybridized carbons (Fsp3) is 0.538. The molecule has 1 aliphatic rings. The molecule has 1 heteroatoms. The van der Waals surface area contributed by atoms with Crippen molar-refractivity contribution in [3.05, 3.63) is 35.4 Å². The van der Waals surface area contributed by atoms with E-state index >= 15 is 0 Å². The SMILES string of the molecule is CCNC(C)C1Cc2ccccc2C1. The Bertz CT molecular complexity index is 281. The standard InChI is InChI=1S/C13H19N/c1-3-14-10(2)13-8-11-6-4-5-7-12(11)9-13/h4-7,10,13-14H,3,8-9H2,1-2H3.